The second kappa shape index (κ2) is 16.8. The number of aliphatic hydroxyl groups is 1. The third kappa shape index (κ3) is 9.55. The molecule has 3 N–H and O–H groups in total. The maximum Gasteiger partial charge on any atom is 0.323 e. The van der Waals surface area contributed by atoms with Crippen LogP contribution >= 0.6 is 0 Å². The normalized spacial score (nSPS) is 20.0. The van der Waals surface area contributed by atoms with Crippen LogP contribution in [0.1, 0.15) is 60.7 Å². The number of benzene rings is 3. The lowest BCUT2D eigenvalue weighted by Gasteiger charge is -2.36. The van der Waals surface area contributed by atoms with E-state index in [4.69, 9.17) is 9.47 Å². The fraction of sp³-hybridized carbons (Fsp3) is 0.417. The molecule has 0 radical (unpaired) electrons. The summed E-state index contributed by atoms with van der Waals surface area (Å²) in [5.41, 5.74) is 1.93. The Balaban J connectivity index is 1.60. The first-order valence-electron chi connectivity index (χ1n) is 15.9. The average Bonchev–Trinajstić information content (AvgIpc) is 3.06. The summed E-state index contributed by atoms with van der Waals surface area (Å²) in [6.45, 7) is 6.60. The van der Waals surface area contributed by atoms with E-state index >= 15 is 0 Å². The number of nitrogens with one attached hydrogen (secondary N) is 2. The van der Waals surface area contributed by atoms with E-state index in [1.54, 1.807) is 66.2 Å². The van der Waals surface area contributed by atoms with Gasteiger partial charge in [-0.15, -0.1) is 0 Å². The van der Waals surface area contributed by atoms with Gasteiger partial charge in [-0.2, -0.15) is 0 Å². The molecule has 0 aromatic heterocycles. The van der Waals surface area contributed by atoms with Crippen LogP contribution in [0.5, 0.6) is 5.75 Å². The number of fused-ring (bicyclic) bond motifs is 1. The van der Waals surface area contributed by atoms with Crippen LogP contribution in [0.3, 0.4) is 0 Å². The molecule has 46 heavy (non-hydrogen) atoms. The second-order valence-electron chi connectivity index (χ2n) is 12.0. The van der Waals surface area contributed by atoms with E-state index in [2.05, 4.69) is 10.6 Å². The summed E-state index contributed by atoms with van der Waals surface area (Å²) in [6, 6.07) is 22.2. The largest absolute Gasteiger partial charge is 0.490 e. The van der Waals surface area contributed by atoms with Crippen molar-refractivity contribution in [3.8, 4) is 5.75 Å². The van der Waals surface area contributed by atoms with Crippen LogP contribution in [-0.2, 0) is 4.74 Å². The zero-order valence-electron chi connectivity index (χ0n) is 27.1. The predicted molar refractivity (Wildman–Crippen MR) is 179 cm³/mol. The van der Waals surface area contributed by atoms with Crippen LogP contribution < -0.4 is 15.4 Å². The van der Waals surface area contributed by atoms with Crippen molar-refractivity contribution in [2.24, 2.45) is 5.92 Å². The van der Waals surface area contributed by atoms with Gasteiger partial charge >= 0.3 is 6.03 Å². The minimum absolute atomic E-state index is 0.108. The summed E-state index contributed by atoms with van der Waals surface area (Å²) in [4.78, 5) is 43.5. The van der Waals surface area contributed by atoms with Crippen molar-refractivity contribution in [3.63, 3.8) is 0 Å². The van der Waals surface area contributed by atoms with E-state index < -0.39 is 12.1 Å². The standard InChI is InChI=1S/C36H46N4O6/c1-25-22-40(26(2)24-41)35(43)31-21-30(38-36(44)37-29-16-9-6-10-17-29)18-19-32(31)46-27(3)13-11-12-20-45-33(25)23-39(4)34(42)28-14-7-5-8-15-28/h5-10,14-19,21,25-27,33,41H,11-13,20,22-24H2,1-4H3,(H2,37,38,44)/t25-,26+,27-,33-/m0/s1. The quantitative estimate of drug-likeness (QED) is 0.299. The SMILES string of the molecule is C[C@H](CO)N1C[C@H](C)[C@H](CN(C)C(=O)c2ccccc2)OCCCC[C@H](C)Oc2ccc(NC(=O)Nc3ccccc3)cc2C1=O. The van der Waals surface area contributed by atoms with Crippen molar-refractivity contribution in [1.82, 2.24) is 9.80 Å². The Labute approximate surface area is 271 Å². The number of hydrogen-bond acceptors (Lipinski definition) is 6. The lowest BCUT2D eigenvalue weighted by atomic mass is 10.0. The number of amides is 4. The lowest BCUT2D eigenvalue weighted by Crippen LogP contribution is -2.48. The molecule has 0 aliphatic carbocycles. The average molecular weight is 631 g/mol. The monoisotopic (exact) mass is 630 g/mol. The first kappa shape index (κ1) is 34.5. The van der Waals surface area contributed by atoms with Crippen LogP contribution in [-0.4, -0.2) is 84.4 Å². The Bertz CT molecular complexity index is 1440. The minimum atomic E-state index is -0.518. The van der Waals surface area contributed by atoms with Crippen molar-refractivity contribution in [1.29, 1.82) is 0 Å². The molecule has 0 saturated heterocycles. The number of nitrogens with zero attached hydrogens (tertiary/aromatic N) is 2. The van der Waals surface area contributed by atoms with Gasteiger partial charge in [0.05, 0.1) is 30.4 Å². The Morgan fingerprint density at radius 2 is 1.65 bits per heavy atom. The van der Waals surface area contributed by atoms with Crippen molar-refractivity contribution in [2.45, 2.75) is 58.3 Å². The number of urea groups is 1. The number of carbonyl (C=O) groups is 3. The van der Waals surface area contributed by atoms with E-state index in [1.807, 2.05) is 50.2 Å². The molecule has 0 unspecified atom stereocenters. The van der Waals surface area contributed by atoms with Gasteiger partial charge in [0.1, 0.15) is 5.75 Å². The molecule has 0 fully saturated rings. The van der Waals surface area contributed by atoms with Gasteiger partial charge in [-0.25, -0.2) is 4.79 Å². The van der Waals surface area contributed by atoms with Gasteiger partial charge < -0.3 is 35.0 Å². The highest BCUT2D eigenvalue weighted by Crippen LogP contribution is 2.29. The number of carbonyl (C=O) groups excluding carboxylic acids is 3. The number of likely N-dealkylation sites (N-methyl/N-ethyl adjacent to an activating group) is 1. The molecule has 1 aliphatic rings. The van der Waals surface area contributed by atoms with Gasteiger partial charge in [-0.1, -0.05) is 43.3 Å². The molecule has 0 bridgehead atoms. The summed E-state index contributed by atoms with van der Waals surface area (Å²) >= 11 is 0. The van der Waals surface area contributed by atoms with Crippen LogP contribution in [0.4, 0.5) is 16.2 Å². The molecule has 0 spiro atoms. The first-order valence-corrected chi connectivity index (χ1v) is 15.9. The highest BCUT2D eigenvalue weighted by Gasteiger charge is 2.31. The highest BCUT2D eigenvalue weighted by molar-refractivity contribution is 6.02. The molecule has 0 saturated carbocycles. The molecule has 1 heterocycles. The zero-order valence-corrected chi connectivity index (χ0v) is 27.1. The van der Waals surface area contributed by atoms with E-state index in [0.29, 0.717) is 35.8 Å². The van der Waals surface area contributed by atoms with Crippen molar-refractivity contribution >= 4 is 29.2 Å². The molecule has 3 aromatic carbocycles. The number of ether oxygens (including phenoxy) is 2. The molecule has 246 valence electrons. The van der Waals surface area contributed by atoms with Gasteiger partial charge in [0.15, 0.2) is 0 Å². The fourth-order valence-electron chi connectivity index (χ4n) is 5.43. The topological polar surface area (TPSA) is 120 Å². The van der Waals surface area contributed by atoms with Crippen molar-refractivity contribution < 1.29 is 29.0 Å². The third-order valence-electron chi connectivity index (χ3n) is 8.16. The molecule has 4 rings (SSSR count). The number of aliphatic hydroxyl groups excluding tert-OH is 1. The Morgan fingerprint density at radius 1 is 0.978 bits per heavy atom. The van der Waals surface area contributed by atoms with Gasteiger partial charge in [0.25, 0.3) is 11.8 Å². The van der Waals surface area contributed by atoms with E-state index in [-0.39, 0.29) is 48.7 Å². The maximum absolute atomic E-state index is 14.3. The Kier molecular flexibility index (Phi) is 12.6. The van der Waals surface area contributed by atoms with Crippen LogP contribution in [0, 0.1) is 5.92 Å². The van der Waals surface area contributed by atoms with Gasteiger partial charge in [-0.05, 0) is 75.6 Å². The summed E-state index contributed by atoms with van der Waals surface area (Å²) in [6.07, 6.45) is 1.89. The molecule has 4 amide bonds. The van der Waals surface area contributed by atoms with Crippen LogP contribution in [0.2, 0.25) is 0 Å². The van der Waals surface area contributed by atoms with Crippen molar-refractivity contribution in [3.05, 3.63) is 90.0 Å². The van der Waals surface area contributed by atoms with Gasteiger partial charge in [0.2, 0.25) is 0 Å². The zero-order chi connectivity index (χ0) is 33.1. The molecule has 4 atom stereocenters. The summed E-state index contributed by atoms with van der Waals surface area (Å²) in [7, 11) is 1.76. The predicted octanol–water partition coefficient (Wildman–Crippen LogP) is 5.90. The maximum atomic E-state index is 14.3. The molecule has 3 aromatic rings. The summed E-state index contributed by atoms with van der Waals surface area (Å²) in [5, 5.41) is 15.8. The highest BCUT2D eigenvalue weighted by atomic mass is 16.5. The number of para-hydroxylation sites is 1. The van der Waals surface area contributed by atoms with Crippen molar-refractivity contribution in [2.75, 3.05) is 44.0 Å². The molecule has 10 heteroatoms. The molecule has 10 nitrogen and oxygen atoms in total. The van der Waals surface area contributed by atoms with E-state index in [0.717, 1.165) is 19.3 Å². The van der Waals surface area contributed by atoms with Gasteiger partial charge in [0, 0.05) is 49.6 Å². The lowest BCUT2D eigenvalue weighted by molar-refractivity contribution is -0.0149. The van der Waals surface area contributed by atoms with Crippen LogP contribution in [0.25, 0.3) is 0 Å². The number of rotatable bonds is 7. The fourth-order valence-corrected chi connectivity index (χ4v) is 5.43. The summed E-state index contributed by atoms with van der Waals surface area (Å²) < 4.78 is 12.7. The first-order chi connectivity index (χ1) is 22.2. The number of anilines is 2. The smallest absolute Gasteiger partial charge is 0.323 e. The number of hydrogen-bond donors (Lipinski definition) is 3. The van der Waals surface area contributed by atoms with E-state index in [9.17, 15) is 19.5 Å². The van der Waals surface area contributed by atoms with Crippen LogP contribution in [0.15, 0.2) is 78.9 Å². The molecular weight excluding hydrogens is 584 g/mol. The second-order valence-corrected chi connectivity index (χ2v) is 12.0. The van der Waals surface area contributed by atoms with Gasteiger partial charge in [-0.3, -0.25) is 9.59 Å². The Hall–Kier alpha value is -4.41. The third-order valence-corrected chi connectivity index (χ3v) is 8.16. The summed E-state index contributed by atoms with van der Waals surface area (Å²) in [5.74, 6) is -0.225. The molecular formula is C36H46N4O6. The Morgan fingerprint density at radius 3 is 2.35 bits per heavy atom. The van der Waals surface area contributed by atoms with E-state index in [1.165, 1.54) is 0 Å². The molecule has 1 aliphatic heterocycles. The minimum Gasteiger partial charge on any atom is -0.490 e.